The van der Waals surface area contributed by atoms with Crippen LogP contribution in [0.25, 0.3) is 0 Å². The van der Waals surface area contributed by atoms with Crippen molar-refractivity contribution in [3.63, 3.8) is 0 Å². The van der Waals surface area contributed by atoms with E-state index < -0.39 is 0 Å². The first kappa shape index (κ1) is 12.8. The van der Waals surface area contributed by atoms with Gasteiger partial charge in [0.1, 0.15) is 0 Å². The first-order valence-electron chi connectivity index (χ1n) is 6.16. The Hall–Kier alpha value is -0.650. The van der Waals surface area contributed by atoms with Crippen molar-refractivity contribution in [2.45, 2.75) is 32.9 Å². The summed E-state index contributed by atoms with van der Waals surface area (Å²) in [6.07, 6.45) is 1.08. The minimum Gasteiger partial charge on any atom is -0.383 e. The van der Waals surface area contributed by atoms with Crippen molar-refractivity contribution in [3.8, 4) is 0 Å². The molecule has 17 heavy (non-hydrogen) atoms. The summed E-state index contributed by atoms with van der Waals surface area (Å²) in [7, 11) is 1.72. The summed E-state index contributed by atoms with van der Waals surface area (Å²) in [6.45, 7) is 8.25. The van der Waals surface area contributed by atoms with Crippen LogP contribution in [0.5, 0.6) is 0 Å². The molecule has 2 rings (SSSR count). The van der Waals surface area contributed by atoms with Gasteiger partial charge in [-0.1, -0.05) is 0 Å². The van der Waals surface area contributed by atoms with Crippen molar-refractivity contribution in [2.75, 3.05) is 32.1 Å². The van der Waals surface area contributed by atoms with E-state index in [0.717, 1.165) is 37.8 Å². The van der Waals surface area contributed by atoms with Crippen molar-refractivity contribution in [1.82, 2.24) is 9.88 Å². The molecule has 0 aliphatic carbocycles. The van der Waals surface area contributed by atoms with E-state index >= 15 is 0 Å². The fourth-order valence-corrected chi connectivity index (χ4v) is 3.05. The van der Waals surface area contributed by atoms with Crippen LogP contribution in [0, 0.1) is 0 Å². The molecule has 1 aliphatic heterocycles. The predicted molar refractivity (Wildman–Crippen MR) is 71.7 cm³/mol. The summed E-state index contributed by atoms with van der Waals surface area (Å²) in [5.74, 6) is 0. The summed E-state index contributed by atoms with van der Waals surface area (Å²) in [5, 5.41) is 4.35. The zero-order chi connectivity index (χ0) is 12.3. The highest BCUT2D eigenvalue weighted by molar-refractivity contribution is 7.15. The highest BCUT2D eigenvalue weighted by atomic mass is 32.1. The van der Waals surface area contributed by atoms with Crippen molar-refractivity contribution in [3.05, 3.63) is 10.6 Å². The maximum Gasteiger partial charge on any atom is 0.183 e. The lowest BCUT2D eigenvalue weighted by molar-refractivity contribution is 0.205. The summed E-state index contributed by atoms with van der Waals surface area (Å²) < 4.78 is 5.02. The van der Waals surface area contributed by atoms with Crippen LogP contribution in [0.3, 0.4) is 0 Å². The largest absolute Gasteiger partial charge is 0.383 e. The van der Waals surface area contributed by atoms with Crippen LogP contribution in [0.1, 0.15) is 24.4 Å². The van der Waals surface area contributed by atoms with Crippen molar-refractivity contribution >= 4 is 16.5 Å². The summed E-state index contributed by atoms with van der Waals surface area (Å²) >= 11 is 1.79. The Morgan fingerprint density at radius 1 is 1.53 bits per heavy atom. The number of nitrogens with one attached hydrogen (secondary N) is 1. The number of hydrogen-bond donors (Lipinski definition) is 1. The second-order valence-electron chi connectivity index (χ2n) is 4.62. The third-order valence-electron chi connectivity index (χ3n) is 3.07. The topological polar surface area (TPSA) is 37.4 Å². The summed E-state index contributed by atoms with van der Waals surface area (Å²) in [5.41, 5.74) is 1.28. The molecule has 1 aliphatic rings. The van der Waals surface area contributed by atoms with Gasteiger partial charge in [0.15, 0.2) is 5.13 Å². The van der Waals surface area contributed by atoms with Crippen LogP contribution < -0.4 is 5.32 Å². The van der Waals surface area contributed by atoms with Gasteiger partial charge in [-0.3, -0.25) is 4.90 Å². The third-order valence-corrected chi connectivity index (χ3v) is 4.11. The van der Waals surface area contributed by atoms with Crippen LogP contribution in [-0.4, -0.2) is 42.7 Å². The van der Waals surface area contributed by atoms with Gasteiger partial charge in [-0.25, -0.2) is 4.98 Å². The summed E-state index contributed by atoms with van der Waals surface area (Å²) in [6, 6.07) is 0.621. The molecule has 0 saturated heterocycles. The Balaban J connectivity index is 1.97. The van der Waals surface area contributed by atoms with E-state index in [1.165, 1.54) is 10.6 Å². The molecule has 96 valence electrons. The molecule has 0 unspecified atom stereocenters. The second kappa shape index (κ2) is 5.80. The highest BCUT2D eigenvalue weighted by Gasteiger charge is 2.21. The number of ether oxygens (including phenoxy) is 1. The Morgan fingerprint density at radius 2 is 2.35 bits per heavy atom. The summed E-state index contributed by atoms with van der Waals surface area (Å²) in [4.78, 5) is 8.56. The zero-order valence-corrected chi connectivity index (χ0v) is 11.6. The standard InChI is InChI=1S/C12H21N3OS/c1-9(2)15-6-4-10-11(8-15)17-12(14-10)13-5-7-16-3/h9H,4-8H2,1-3H3,(H,13,14). The van der Waals surface area contributed by atoms with Gasteiger partial charge in [0.25, 0.3) is 0 Å². The van der Waals surface area contributed by atoms with E-state index in [2.05, 4.69) is 29.0 Å². The molecule has 0 radical (unpaired) electrons. The Morgan fingerprint density at radius 3 is 3.06 bits per heavy atom. The van der Waals surface area contributed by atoms with Crippen LogP contribution >= 0.6 is 11.3 Å². The van der Waals surface area contributed by atoms with Gasteiger partial charge >= 0.3 is 0 Å². The number of thiazole rings is 1. The molecule has 4 nitrogen and oxygen atoms in total. The number of hydrogen-bond acceptors (Lipinski definition) is 5. The van der Waals surface area contributed by atoms with Gasteiger partial charge in [-0.2, -0.15) is 0 Å². The molecule has 5 heteroatoms. The molecule has 1 N–H and O–H groups in total. The second-order valence-corrected chi connectivity index (χ2v) is 5.71. The molecule has 1 aromatic rings. The van der Waals surface area contributed by atoms with Crippen LogP contribution in [0.2, 0.25) is 0 Å². The van der Waals surface area contributed by atoms with Crippen molar-refractivity contribution in [2.24, 2.45) is 0 Å². The van der Waals surface area contributed by atoms with Gasteiger partial charge in [0, 0.05) is 44.1 Å². The van der Waals surface area contributed by atoms with Gasteiger partial charge < -0.3 is 10.1 Å². The Bertz CT molecular complexity index is 365. The molecule has 0 bridgehead atoms. The molecule has 2 heterocycles. The molecule has 0 amide bonds. The molecule has 0 saturated carbocycles. The Labute approximate surface area is 107 Å². The van der Waals surface area contributed by atoms with Gasteiger partial charge in [-0.15, -0.1) is 11.3 Å². The van der Waals surface area contributed by atoms with E-state index in [1.807, 2.05) is 0 Å². The number of rotatable bonds is 5. The monoisotopic (exact) mass is 255 g/mol. The number of methoxy groups -OCH3 is 1. The molecular formula is C12H21N3OS. The van der Waals surface area contributed by atoms with E-state index in [1.54, 1.807) is 18.4 Å². The average molecular weight is 255 g/mol. The minimum atomic E-state index is 0.621. The molecule has 0 atom stereocenters. The lowest BCUT2D eigenvalue weighted by Gasteiger charge is -2.29. The molecule has 0 spiro atoms. The van der Waals surface area contributed by atoms with E-state index in [0.29, 0.717) is 6.04 Å². The maximum absolute atomic E-state index is 5.02. The van der Waals surface area contributed by atoms with E-state index in [-0.39, 0.29) is 0 Å². The van der Waals surface area contributed by atoms with E-state index in [9.17, 15) is 0 Å². The number of anilines is 1. The van der Waals surface area contributed by atoms with Crippen LogP contribution in [-0.2, 0) is 17.7 Å². The average Bonchev–Trinajstić information content (AvgIpc) is 2.70. The first-order chi connectivity index (χ1) is 8.20. The quantitative estimate of drug-likeness (QED) is 0.816. The molecular weight excluding hydrogens is 234 g/mol. The zero-order valence-electron chi connectivity index (χ0n) is 10.8. The molecule has 0 fully saturated rings. The van der Waals surface area contributed by atoms with E-state index in [4.69, 9.17) is 4.74 Å². The minimum absolute atomic E-state index is 0.621. The number of fused-ring (bicyclic) bond motifs is 1. The predicted octanol–water partition coefficient (Wildman–Crippen LogP) is 1.97. The van der Waals surface area contributed by atoms with Crippen molar-refractivity contribution < 1.29 is 4.74 Å². The van der Waals surface area contributed by atoms with Crippen LogP contribution in [0.15, 0.2) is 0 Å². The fraction of sp³-hybridized carbons (Fsp3) is 0.750. The fourth-order valence-electron chi connectivity index (χ4n) is 1.99. The Kier molecular flexibility index (Phi) is 4.36. The molecule has 0 aromatic carbocycles. The maximum atomic E-state index is 5.02. The lowest BCUT2D eigenvalue weighted by atomic mass is 10.1. The molecule has 1 aromatic heterocycles. The number of nitrogens with zero attached hydrogens (tertiary/aromatic N) is 2. The first-order valence-corrected chi connectivity index (χ1v) is 6.97. The number of aromatic nitrogens is 1. The smallest absolute Gasteiger partial charge is 0.183 e. The third kappa shape index (κ3) is 3.18. The lowest BCUT2D eigenvalue weighted by Crippen LogP contribution is -2.35. The van der Waals surface area contributed by atoms with Gasteiger partial charge in [0.2, 0.25) is 0 Å². The highest BCUT2D eigenvalue weighted by Crippen LogP contribution is 2.28. The normalized spacial score (nSPS) is 16.2. The SMILES string of the molecule is COCCNc1nc2c(s1)CN(C(C)C)CC2. The van der Waals surface area contributed by atoms with Crippen LogP contribution in [0.4, 0.5) is 5.13 Å². The van der Waals surface area contributed by atoms with Gasteiger partial charge in [-0.05, 0) is 13.8 Å². The van der Waals surface area contributed by atoms with Crippen molar-refractivity contribution in [1.29, 1.82) is 0 Å². The van der Waals surface area contributed by atoms with Gasteiger partial charge in [0.05, 0.1) is 12.3 Å².